The summed E-state index contributed by atoms with van der Waals surface area (Å²) in [7, 11) is 1.56. The highest BCUT2D eigenvalue weighted by Crippen LogP contribution is 2.18. The maximum absolute atomic E-state index is 12.3. The molecule has 0 spiro atoms. The Morgan fingerprint density at radius 1 is 1.40 bits per heavy atom. The summed E-state index contributed by atoms with van der Waals surface area (Å²) in [6, 6.07) is 8.50. The number of carboxylic acids is 1. The lowest BCUT2D eigenvalue weighted by atomic mass is 10.0. The van der Waals surface area contributed by atoms with Gasteiger partial charge in [-0.2, -0.15) is 0 Å². The minimum absolute atomic E-state index is 0.147. The number of carbonyl (C=O) groups is 2. The molecule has 1 amide bonds. The zero-order valence-electron chi connectivity index (χ0n) is 11.5. The summed E-state index contributed by atoms with van der Waals surface area (Å²) in [5, 5.41) is 9.37. The first kappa shape index (κ1) is 14.5. The highest BCUT2D eigenvalue weighted by molar-refractivity contribution is 5.85. The zero-order chi connectivity index (χ0) is 14.5. The fourth-order valence-corrected chi connectivity index (χ4v) is 2.40. The van der Waals surface area contributed by atoms with Gasteiger partial charge in [0, 0.05) is 20.1 Å². The molecule has 0 bridgehead atoms. The fraction of sp³-hybridized carbons (Fsp3) is 0.467. The van der Waals surface area contributed by atoms with Crippen LogP contribution >= 0.6 is 0 Å². The highest BCUT2D eigenvalue weighted by atomic mass is 16.5. The number of aliphatic carboxylic acids is 1. The Hall–Kier alpha value is -1.88. The van der Waals surface area contributed by atoms with Crippen LogP contribution in [0.15, 0.2) is 30.3 Å². The Balaban J connectivity index is 2.07. The molecular weight excluding hydrogens is 258 g/mol. The molecule has 0 aromatic heterocycles. The van der Waals surface area contributed by atoms with Gasteiger partial charge in [0.2, 0.25) is 5.91 Å². The average molecular weight is 277 g/mol. The van der Waals surface area contributed by atoms with E-state index in [1.54, 1.807) is 7.05 Å². The number of hydrogen-bond donors (Lipinski definition) is 1. The molecule has 1 saturated heterocycles. The lowest BCUT2D eigenvalue weighted by Gasteiger charge is -2.27. The van der Waals surface area contributed by atoms with Gasteiger partial charge in [-0.05, 0) is 12.0 Å². The molecular formula is C15H19NO4. The summed E-state index contributed by atoms with van der Waals surface area (Å²) >= 11 is 0. The average Bonchev–Trinajstić information content (AvgIpc) is 2.98. The molecule has 0 unspecified atom stereocenters. The van der Waals surface area contributed by atoms with E-state index in [9.17, 15) is 14.7 Å². The van der Waals surface area contributed by atoms with E-state index >= 15 is 0 Å². The van der Waals surface area contributed by atoms with E-state index in [0.29, 0.717) is 26.1 Å². The smallest absolute Gasteiger partial charge is 0.326 e. The van der Waals surface area contributed by atoms with E-state index in [1.165, 1.54) is 4.90 Å². The van der Waals surface area contributed by atoms with E-state index in [4.69, 9.17) is 4.74 Å². The summed E-state index contributed by atoms with van der Waals surface area (Å²) in [6.45, 7) is 0.960. The van der Waals surface area contributed by atoms with Gasteiger partial charge in [0.1, 0.15) is 6.04 Å². The van der Waals surface area contributed by atoms with Gasteiger partial charge in [0.15, 0.2) is 0 Å². The first-order valence-corrected chi connectivity index (χ1v) is 6.70. The van der Waals surface area contributed by atoms with E-state index in [2.05, 4.69) is 0 Å². The molecule has 20 heavy (non-hydrogen) atoms. The molecule has 1 fully saturated rings. The molecule has 5 nitrogen and oxygen atoms in total. The van der Waals surface area contributed by atoms with Crippen molar-refractivity contribution in [1.82, 2.24) is 4.90 Å². The van der Waals surface area contributed by atoms with E-state index in [-0.39, 0.29) is 11.8 Å². The van der Waals surface area contributed by atoms with Crippen LogP contribution in [0.4, 0.5) is 0 Å². The van der Waals surface area contributed by atoms with Crippen LogP contribution in [-0.2, 0) is 20.7 Å². The topological polar surface area (TPSA) is 66.8 Å². The van der Waals surface area contributed by atoms with Crippen LogP contribution < -0.4 is 0 Å². The Bertz CT molecular complexity index is 468. The first-order chi connectivity index (χ1) is 9.59. The quantitative estimate of drug-likeness (QED) is 0.877. The van der Waals surface area contributed by atoms with E-state index in [0.717, 1.165) is 5.56 Å². The van der Waals surface area contributed by atoms with Crippen molar-refractivity contribution in [1.29, 1.82) is 0 Å². The van der Waals surface area contributed by atoms with Crippen LogP contribution in [0, 0.1) is 5.92 Å². The second-order valence-corrected chi connectivity index (χ2v) is 5.05. The molecule has 0 saturated carbocycles. The molecule has 1 aliphatic heterocycles. The summed E-state index contributed by atoms with van der Waals surface area (Å²) < 4.78 is 5.19. The summed E-state index contributed by atoms with van der Waals surface area (Å²) in [5.74, 6) is -1.34. The minimum Gasteiger partial charge on any atom is -0.480 e. The minimum atomic E-state index is -0.983. The number of ether oxygens (including phenoxy) is 1. The van der Waals surface area contributed by atoms with Gasteiger partial charge in [-0.1, -0.05) is 30.3 Å². The maximum Gasteiger partial charge on any atom is 0.326 e. The van der Waals surface area contributed by atoms with Crippen LogP contribution in [0.1, 0.15) is 12.0 Å². The van der Waals surface area contributed by atoms with Crippen molar-refractivity contribution in [2.24, 2.45) is 5.92 Å². The van der Waals surface area contributed by atoms with Gasteiger partial charge >= 0.3 is 5.97 Å². The van der Waals surface area contributed by atoms with Crippen molar-refractivity contribution >= 4 is 11.9 Å². The molecule has 5 heteroatoms. The van der Waals surface area contributed by atoms with Gasteiger partial charge in [-0.3, -0.25) is 4.79 Å². The van der Waals surface area contributed by atoms with Crippen LogP contribution in [-0.4, -0.2) is 48.2 Å². The normalized spacial score (nSPS) is 19.6. The maximum atomic E-state index is 12.3. The first-order valence-electron chi connectivity index (χ1n) is 6.70. The number of likely N-dealkylation sites (N-methyl/N-ethyl adjacent to an activating group) is 1. The second-order valence-electron chi connectivity index (χ2n) is 5.05. The third kappa shape index (κ3) is 3.36. The van der Waals surface area contributed by atoms with Gasteiger partial charge in [-0.25, -0.2) is 4.79 Å². The standard InChI is InChI=1S/C15H19NO4/c1-16(14(17)12-7-8-20-10-12)13(15(18)19)9-11-5-3-2-4-6-11/h2-6,12-13H,7-10H2,1H3,(H,18,19)/t12-,13+/m1/s1. The Labute approximate surface area is 118 Å². The van der Waals surface area contributed by atoms with Crippen LogP contribution in [0.5, 0.6) is 0 Å². The van der Waals surface area contributed by atoms with Gasteiger partial charge in [-0.15, -0.1) is 0 Å². The third-order valence-electron chi connectivity index (χ3n) is 3.65. The number of nitrogens with zero attached hydrogens (tertiary/aromatic N) is 1. The van der Waals surface area contributed by atoms with Crippen molar-refractivity contribution in [3.8, 4) is 0 Å². The monoisotopic (exact) mass is 277 g/mol. The van der Waals surface area contributed by atoms with Crippen LogP contribution in [0.3, 0.4) is 0 Å². The molecule has 0 radical (unpaired) electrons. The molecule has 1 aliphatic rings. The zero-order valence-corrected chi connectivity index (χ0v) is 11.5. The van der Waals surface area contributed by atoms with Crippen molar-refractivity contribution in [3.63, 3.8) is 0 Å². The number of carbonyl (C=O) groups excluding carboxylic acids is 1. The molecule has 2 atom stereocenters. The molecule has 1 heterocycles. The fourth-order valence-electron chi connectivity index (χ4n) is 2.40. The van der Waals surface area contributed by atoms with Crippen molar-refractivity contribution < 1.29 is 19.4 Å². The summed E-state index contributed by atoms with van der Waals surface area (Å²) in [5.41, 5.74) is 0.905. The van der Waals surface area contributed by atoms with Gasteiger partial charge < -0.3 is 14.7 Å². The van der Waals surface area contributed by atoms with Gasteiger partial charge in [0.25, 0.3) is 0 Å². The predicted octanol–water partition coefficient (Wildman–Crippen LogP) is 1.18. The number of benzene rings is 1. The predicted molar refractivity (Wildman–Crippen MR) is 73.3 cm³/mol. The molecule has 1 aromatic carbocycles. The van der Waals surface area contributed by atoms with E-state index in [1.807, 2.05) is 30.3 Å². The SMILES string of the molecule is CN(C(=O)[C@@H]1CCOC1)[C@@H](Cc1ccccc1)C(=O)O. The number of hydrogen-bond acceptors (Lipinski definition) is 3. The van der Waals surface area contributed by atoms with Gasteiger partial charge in [0.05, 0.1) is 12.5 Å². The number of carboxylic acid groups (broad SMARTS) is 1. The lowest BCUT2D eigenvalue weighted by Crippen LogP contribution is -2.46. The van der Waals surface area contributed by atoms with Crippen molar-refractivity contribution in [2.45, 2.75) is 18.9 Å². The third-order valence-corrected chi connectivity index (χ3v) is 3.65. The molecule has 0 aliphatic carbocycles. The largest absolute Gasteiger partial charge is 0.480 e. The highest BCUT2D eigenvalue weighted by Gasteiger charge is 2.32. The molecule has 108 valence electrons. The lowest BCUT2D eigenvalue weighted by molar-refractivity contribution is -0.150. The van der Waals surface area contributed by atoms with Crippen LogP contribution in [0.2, 0.25) is 0 Å². The van der Waals surface area contributed by atoms with Crippen molar-refractivity contribution in [3.05, 3.63) is 35.9 Å². The molecule has 2 rings (SSSR count). The Morgan fingerprint density at radius 3 is 2.65 bits per heavy atom. The number of rotatable bonds is 5. The second kappa shape index (κ2) is 6.52. The van der Waals surface area contributed by atoms with Crippen molar-refractivity contribution in [2.75, 3.05) is 20.3 Å². The Kier molecular flexibility index (Phi) is 4.74. The van der Waals surface area contributed by atoms with Crippen LogP contribution in [0.25, 0.3) is 0 Å². The number of amides is 1. The summed E-state index contributed by atoms with van der Waals surface area (Å²) in [4.78, 5) is 25.0. The van der Waals surface area contributed by atoms with E-state index < -0.39 is 12.0 Å². The molecule has 1 aromatic rings. The Morgan fingerprint density at radius 2 is 2.10 bits per heavy atom. The summed E-state index contributed by atoms with van der Waals surface area (Å²) in [6.07, 6.45) is 0.979. The molecule has 1 N–H and O–H groups in total.